The fourth-order valence-corrected chi connectivity index (χ4v) is 4.24. The summed E-state index contributed by atoms with van der Waals surface area (Å²) in [5, 5.41) is 23.9. The minimum Gasteiger partial charge on any atom is -0.387 e. The van der Waals surface area contributed by atoms with Crippen LogP contribution in [0.1, 0.15) is 31.2 Å². The monoisotopic (exact) mass is 510 g/mol. The second-order valence-electron chi connectivity index (χ2n) is 9.61. The molecule has 1 saturated heterocycles. The summed E-state index contributed by atoms with van der Waals surface area (Å²) < 4.78 is 27.4. The van der Waals surface area contributed by atoms with Crippen LogP contribution in [0.25, 0.3) is 11.0 Å². The quantitative estimate of drug-likeness (QED) is 0.297. The van der Waals surface area contributed by atoms with Crippen LogP contribution in [0.3, 0.4) is 0 Å². The second-order valence-corrected chi connectivity index (χ2v) is 9.61. The van der Waals surface area contributed by atoms with Gasteiger partial charge < -0.3 is 25.4 Å². The summed E-state index contributed by atoms with van der Waals surface area (Å²) in [5.41, 5.74) is 0.390. The van der Waals surface area contributed by atoms with Gasteiger partial charge in [0, 0.05) is 56.7 Å². The van der Waals surface area contributed by atoms with Crippen molar-refractivity contribution in [3.05, 3.63) is 65.7 Å². The molecule has 0 radical (unpaired) electrons. The number of aromatic nitrogens is 5. The Morgan fingerprint density at radius 1 is 1.08 bits per heavy atom. The highest BCUT2D eigenvalue weighted by Crippen LogP contribution is 2.30. The molecule has 1 atom stereocenters. The highest BCUT2D eigenvalue weighted by Gasteiger charge is 2.28. The van der Waals surface area contributed by atoms with Gasteiger partial charge in [-0.05, 0) is 26.0 Å². The van der Waals surface area contributed by atoms with Crippen LogP contribution in [0.4, 0.5) is 26.4 Å². The Morgan fingerprint density at radius 3 is 2.54 bits per heavy atom. The number of nitrogens with zero attached hydrogens (tertiary/aromatic N) is 6. The van der Waals surface area contributed by atoms with Crippen LogP contribution in [0, 0.1) is 11.6 Å². The van der Waals surface area contributed by atoms with Gasteiger partial charge in [-0.25, -0.2) is 23.7 Å². The Morgan fingerprint density at radius 2 is 1.86 bits per heavy atom. The molecule has 0 saturated carbocycles. The topological polar surface area (TPSA) is 126 Å². The van der Waals surface area contributed by atoms with Gasteiger partial charge in [0.2, 0.25) is 5.95 Å². The summed E-state index contributed by atoms with van der Waals surface area (Å²) in [6.45, 7) is 5.86. The number of aliphatic hydroxyl groups excluding tert-OH is 1. The van der Waals surface area contributed by atoms with Crippen molar-refractivity contribution >= 4 is 28.6 Å². The third-order valence-electron chi connectivity index (χ3n) is 6.32. The van der Waals surface area contributed by atoms with Crippen molar-refractivity contribution in [3.63, 3.8) is 0 Å². The summed E-state index contributed by atoms with van der Waals surface area (Å²) in [6, 6.07) is 5.27. The molecule has 0 amide bonds. The lowest BCUT2D eigenvalue weighted by Gasteiger charge is -2.36. The van der Waals surface area contributed by atoms with Gasteiger partial charge in [0.1, 0.15) is 23.3 Å². The molecular formula is C25H28F2N8O2. The molecule has 0 bridgehead atoms. The number of benzene rings is 1. The molecule has 1 aliphatic rings. The zero-order valence-electron chi connectivity index (χ0n) is 20.5. The number of piperazine rings is 1. The molecule has 5 rings (SSSR count). The molecule has 4 heterocycles. The predicted molar refractivity (Wildman–Crippen MR) is 134 cm³/mol. The molecule has 37 heavy (non-hydrogen) atoms. The zero-order valence-corrected chi connectivity index (χ0v) is 20.5. The summed E-state index contributed by atoms with van der Waals surface area (Å²) in [5.74, 6) is 0.434. The number of anilines is 3. The van der Waals surface area contributed by atoms with Crippen LogP contribution in [0.5, 0.6) is 0 Å². The molecule has 0 aliphatic carbocycles. The lowest BCUT2D eigenvalue weighted by atomic mass is 9.98. The average molecular weight is 511 g/mol. The Balaban J connectivity index is 1.41. The highest BCUT2D eigenvalue weighted by atomic mass is 19.1. The van der Waals surface area contributed by atoms with Gasteiger partial charge in [-0.15, -0.1) is 0 Å². The molecule has 12 heteroatoms. The Bertz CT molecular complexity index is 1390. The summed E-state index contributed by atoms with van der Waals surface area (Å²) in [4.78, 5) is 25.2. The van der Waals surface area contributed by atoms with Gasteiger partial charge >= 0.3 is 0 Å². The summed E-state index contributed by atoms with van der Waals surface area (Å²) in [6.07, 6.45) is 3.63. The largest absolute Gasteiger partial charge is 0.387 e. The smallest absolute Gasteiger partial charge is 0.205 e. The zero-order chi connectivity index (χ0) is 26.2. The van der Waals surface area contributed by atoms with Crippen molar-refractivity contribution in [2.45, 2.75) is 32.1 Å². The minimum atomic E-state index is -1.38. The predicted octanol–water partition coefficient (Wildman–Crippen LogP) is 2.90. The van der Waals surface area contributed by atoms with Crippen molar-refractivity contribution in [1.82, 2.24) is 29.8 Å². The van der Waals surface area contributed by atoms with E-state index in [1.807, 2.05) is 0 Å². The molecule has 3 aromatic heterocycles. The van der Waals surface area contributed by atoms with Crippen LogP contribution in [0.15, 0.2) is 42.9 Å². The Hall–Kier alpha value is -3.74. The van der Waals surface area contributed by atoms with E-state index in [2.05, 4.69) is 30.1 Å². The molecule has 10 nitrogen and oxygen atoms in total. The van der Waals surface area contributed by atoms with E-state index >= 15 is 0 Å². The molecular weight excluding hydrogens is 482 g/mol. The third kappa shape index (κ3) is 5.50. The fourth-order valence-electron chi connectivity index (χ4n) is 4.24. The van der Waals surface area contributed by atoms with Crippen LogP contribution >= 0.6 is 0 Å². The molecule has 1 unspecified atom stereocenters. The maximum Gasteiger partial charge on any atom is 0.205 e. The van der Waals surface area contributed by atoms with Crippen LogP contribution in [-0.4, -0.2) is 71.8 Å². The number of fused-ring (bicyclic) bond motifs is 1. The molecule has 194 valence electrons. The Kier molecular flexibility index (Phi) is 6.71. The highest BCUT2D eigenvalue weighted by molar-refractivity contribution is 5.81. The standard InChI is InChI=1S/C25H28F2N8O2/c1-25(2,37)21(36)19-12-18-20(13-30-19)31-22(33-24-28-5-6-29-24)23(32-18)35-9-7-34(8-10-35)14-15-3-4-16(26)11-17(15)27/h3-6,11-13,21,36-37H,7-10,14H2,1-2H3,(H2,28,29,31,33). The van der Waals surface area contributed by atoms with Crippen molar-refractivity contribution in [3.8, 4) is 0 Å². The van der Waals surface area contributed by atoms with Crippen molar-refractivity contribution in [2.75, 3.05) is 36.4 Å². The maximum atomic E-state index is 14.1. The van der Waals surface area contributed by atoms with Gasteiger partial charge in [-0.3, -0.25) is 9.88 Å². The van der Waals surface area contributed by atoms with Gasteiger partial charge in [0.25, 0.3) is 0 Å². The lowest BCUT2D eigenvalue weighted by Crippen LogP contribution is -2.46. The number of pyridine rings is 1. The summed E-state index contributed by atoms with van der Waals surface area (Å²) >= 11 is 0. The minimum absolute atomic E-state index is 0.290. The van der Waals surface area contributed by atoms with Crippen molar-refractivity contribution in [2.24, 2.45) is 0 Å². The number of rotatable bonds is 7. The first-order valence-corrected chi connectivity index (χ1v) is 11.9. The third-order valence-corrected chi connectivity index (χ3v) is 6.32. The maximum absolute atomic E-state index is 14.1. The summed E-state index contributed by atoms with van der Waals surface area (Å²) in [7, 11) is 0. The van der Waals surface area contributed by atoms with Crippen LogP contribution in [0.2, 0.25) is 0 Å². The molecule has 4 N–H and O–H groups in total. The van der Waals surface area contributed by atoms with E-state index in [1.165, 1.54) is 32.2 Å². The normalized spacial score (nSPS) is 15.8. The number of H-pyrrole nitrogens is 1. The van der Waals surface area contributed by atoms with E-state index in [0.29, 0.717) is 66.9 Å². The van der Waals surface area contributed by atoms with E-state index in [4.69, 9.17) is 9.97 Å². The fraction of sp³-hybridized carbons (Fsp3) is 0.360. The number of hydrogen-bond donors (Lipinski definition) is 4. The van der Waals surface area contributed by atoms with Gasteiger partial charge in [-0.1, -0.05) is 6.07 Å². The van der Waals surface area contributed by atoms with Gasteiger partial charge in [0.15, 0.2) is 11.6 Å². The van der Waals surface area contributed by atoms with Crippen molar-refractivity contribution < 1.29 is 19.0 Å². The number of aliphatic hydroxyl groups is 2. The van der Waals surface area contributed by atoms with Crippen molar-refractivity contribution in [1.29, 1.82) is 0 Å². The number of imidazole rings is 1. The average Bonchev–Trinajstić information content (AvgIpc) is 3.38. The number of nitrogens with one attached hydrogen (secondary N) is 2. The first-order chi connectivity index (χ1) is 17.7. The van der Waals surface area contributed by atoms with Gasteiger partial charge in [0.05, 0.1) is 23.0 Å². The first-order valence-electron chi connectivity index (χ1n) is 11.9. The van der Waals surface area contributed by atoms with E-state index in [0.717, 1.165) is 6.07 Å². The van der Waals surface area contributed by atoms with Gasteiger partial charge in [-0.2, -0.15) is 0 Å². The second kappa shape index (κ2) is 9.96. The SMILES string of the molecule is CC(C)(O)C(O)c1cc2nc(N3CCN(Cc4ccc(F)cc4F)CC3)c(Nc3ncc[nH]3)nc2cn1. The molecule has 4 aromatic rings. The van der Waals surface area contributed by atoms with E-state index < -0.39 is 23.3 Å². The Labute approximate surface area is 212 Å². The van der Waals surface area contributed by atoms with E-state index in [1.54, 1.807) is 18.5 Å². The number of aromatic amines is 1. The van der Waals surface area contributed by atoms with Crippen LogP contribution in [-0.2, 0) is 6.54 Å². The molecule has 1 fully saturated rings. The molecule has 1 aromatic carbocycles. The van der Waals surface area contributed by atoms with E-state index in [-0.39, 0.29) is 5.69 Å². The molecule has 1 aliphatic heterocycles. The van der Waals surface area contributed by atoms with Crippen LogP contribution < -0.4 is 10.2 Å². The van der Waals surface area contributed by atoms with E-state index in [9.17, 15) is 19.0 Å². The molecule has 0 spiro atoms. The lowest BCUT2D eigenvalue weighted by molar-refractivity contribution is -0.0516. The number of halogens is 2. The number of hydrogen-bond acceptors (Lipinski definition) is 9. The first kappa shape index (κ1) is 24.9.